The molecule has 1 N–H and O–H groups in total. The lowest BCUT2D eigenvalue weighted by atomic mass is 10.1. The zero-order chi connectivity index (χ0) is 25.4. The third-order valence-corrected chi connectivity index (χ3v) is 7.12. The summed E-state index contributed by atoms with van der Waals surface area (Å²) in [6, 6.07) is 3.48. The molecule has 7 nitrogen and oxygen atoms in total. The Hall–Kier alpha value is -2.43. The summed E-state index contributed by atoms with van der Waals surface area (Å²) >= 11 is 8.11. The molecule has 1 aliphatic heterocycles. The molecule has 4 rings (SSSR count). The molecule has 0 bridgehead atoms. The molecule has 3 heterocycles. The second kappa shape index (κ2) is 9.91. The number of ether oxygens (including phenoxy) is 2. The maximum absolute atomic E-state index is 13.7. The van der Waals surface area contributed by atoms with E-state index in [1.165, 1.54) is 11.8 Å². The molecule has 1 aliphatic rings. The summed E-state index contributed by atoms with van der Waals surface area (Å²) in [6.45, 7) is 4.66. The Morgan fingerprint density at radius 3 is 2.60 bits per heavy atom. The van der Waals surface area contributed by atoms with Crippen molar-refractivity contribution in [1.82, 2.24) is 19.9 Å². The van der Waals surface area contributed by atoms with Gasteiger partial charge in [0.05, 0.1) is 36.9 Å². The van der Waals surface area contributed by atoms with Gasteiger partial charge in [0, 0.05) is 60.9 Å². The van der Waals surface area contributed by atoms with E-state index in [2.05, 4.69) is 9.98 Å². The highest BCUT2D eigenvalue weighted by Crippen LogP contribution is 2.42. The molecular weight excluding hydrogens is 496 g/mol. The number of nitrogens with one attached hydrogen (secondary N) is 1. The van der Waals surface area contributed by atoms with E-state index in [4.69, 9.17) is 31.0 Å². The molecule has 3 aromatic rings. The van der Waals surface area contributed by atoms with E-state index >= 15 is 0 Å². The highest BCUT2D eigenvalue weighted by Gasteiger charge is 2.40. The second-order valence-electron chi connectivity index (χ2n) is 9.08. The fourth-order valence-corrected chi connectivity index (χ4v) is 5.57. The lowest BCUT2D eigenvalue weighted by Crippen LogP contribution is -2.36. The summed E-state index contributed by atoms with van der Waals surface area (Å²) < 4.78 is 37.9. The van der Waals surface area contributed by atoms with Crippen LogP contribution in [-0.4, -0.2) is 77.6 Å². The Kier molecular flexibility index (Phi) is 7.26. The van der Waals surface area contributed by atoms with Gasteiger partial charge in [-0.05, 0) is 19.9 Å². The number of nitrogens with zero attached hydrogens (tertiary/aromatic N) is 4. The summed E-state index contributed by atoms with van der Waals surface area (Å²) in [5.74, 6) is -1.60. The monoisotopic (exact) mass is 523 g/mol. The number of aromatic amines is 1. The van der Waals surface area contributed by atoms with Crippen molar-refractivity contribution in [3.63, 3.8) is 0 Å². The van der Waals surface area contributed by atoms with E-state index in [0.29, 0.717) is 51.7 Å². The third kappa shape index (κ3) is 5.54. The molecule has 0 spiro atoms. The first kappa shape index (κ1) is 25.7. The van der Waals surface area contributed by atoms with Crippen molar-refractivity contribution >= 4 is 40.6 Å². The van der Waals surface area contributed by atoms with Crippen molar-refractivity contribution in [3.05, 3.63) is 28.9 Å². The molecule has 0 amide bonds. The predicted molar refractivity (Wildman–Crippen MR) is 137 cm³/mol. The Labute approximate surface area is 212 Å². The molecule has 1 aromatic carbocycles. The second-order valence-corrected chi connectivity index (χ2v) is 11.2. The van der Waals surface area contributed by atoms with Crippen LogP contribution in [0.25, 0.3) is 22.3 Å². The van der Waals surface area contributed by atoms with Crippen LogP contribution in [0.1, 0.15) is 25.8 Å². The maximum atomic E-state index is 13.7. The standard InChI is InChI=1S/C24H28ClF2N5O2S/c1-23(2,12-32-7-6-24(26,27)13-32)35-22-30-20(19-14(10-28-3)11-29-21(19)31-22)15-8-17(33-4)18(34-5)9-16(15)25/h8-11H,6-7,12-13H2,1-5H3,(H,29,30,31). The van der Waals surface area contributed by atoms with Crippen LogP contribution in [0.5, 0.6) is 11.5 Å². The van der Waals surface area contributed by atoms with Crippen LogP contribution in [0.2, 0.25) is 5.02 Å². The van der Waals surface area contributed by atoms with Gasteiger partial charge < -0.3 is 14.5 Å². The van der Waals surface area contributed by atoms with Crippen molar-refractivity contribution in [2.75, 3.05) is 40.9 Å². The summed E-state index contributed by atoms with van der Waals surface area (Å²) in [5.41, 5.74) is 2.71. The van der Waals surface area contributed by atoms with Crippen molar-refractivity contribution in [3.8, 4) is 22.8 Å². The number of benzene rings is 1. The first-order valence-electron chi connectivity index (χ1n) is 11.1. The molecule has 1 saturated heterocycles. The van der Waals surface area contributed by atoms with Gasteiger partial charge in [0.25, 0.3) is 5.92 Å². The predicted octanol–water partition coefficient (Wildman–Crippen LogP) is 5.56. The van der Waals surface area contributed by atoms with E-state index in [9.17, 15) is 8.78 Å². The molecule has 0 unspecified atom stereocenters. The molecular formula is C24H28ClF2N5O2S. The van der Waals surface area contributed by atoms with Crippen LogP contribution in [0, 0.1) is 0 Å². The zero-order valence-corrected chi connectivity index (χ0v) is 21.9. The highest BCUT2D eigenvalue weighted by atomic mass is 35.5. The van der Waals surface area contributed by atoms with E-state index in [1.54, 1.807) is 44.5 Å². The molecule has 2 aromatic heterocycles. The number of aromatic nitrogens is 3. The molecule has 1 fully saturated rings. The number of likely N-dealkylation sites (tertiary alicyclic amines) is 1. The molecule has 0 radical (unpaired) electrons. The number of rotatable bonds is 8. The molecule has 0 aliphatic carbocycles. The quantitative estimate of drug-likeness (QED) is 0.237. The minimum atomic E-state index is -2.63. The largest absolute Gasteiger partial charge is 0.493 e. The van der Waals surface area contributed by atoms with Gasteiger partial charge in [-0.25, -0.2) is 18.7 Å². The van der Waals surface area contributed by atoms with Crippen LogP contribution in [0.15, 0.2) is 28.5 Å². The topological polar surface area (TPSA) is 75.6 Å². The molecule has 0 atom stereocenters. The molecule has 35 heavy (non-hydrogen) atoms. The number of H-pyrrole nitrogens is 1. The average molecular weight is 524 g/mol. The minimum absolute atomic E-state index is 0.109. The first-order valence-corrected chi connectivity index (χ1v) is 12.3. The van der Waals surface area contributed by atoms with Crippen LogP contribution < -0.4 is 9.47 Å². The van der Waals surface area contributed by atoms with E-state index < -0.39 is 10.7 Å². The van der Waals surface area contributed by atoms with Gasteiger partial charge in [-0.1, -0.05) is 23.4 Å². The lowest BCUT2D eigenvalue weighted by Gasteiger charge is -2.28. The highest BCUT2D eigenvalue weighted by molar-refractivity contribution is 8.00. The molecule has 188 valence electrons. The Bertz CT molecular complexity index is 1260. The third-order valence-electron chi connectivity index (χ3n) is 5.76. The summed E-state index contributed by atoms with van der Waals surface area (Å²) in [4.78, 5) is 18.8. The summed E-state index contributed by atoms with van der Waals surface area (Å²) in [5, 5.41) is 1.72. The Morgan fingerprint density at radius 1 is 1.26 bits per heavy atom. The fourth-order valence-electron chi connectivity index (χ4n) is 4.31. The molecule has 11 heteroatoms. The number of halogens is 3. The van der Waals surface area contributed by atoms with Gasteiger partial charge in [0.1, 0.15) is 5.65 Å². The summed E-state index contributed by atoms with van der Waals surface area (Å²) in [7, 11) is 4.80. The normalized spacial score (nSPS) is 16.5. The van der Waals surface area contributed by atoms with Gasteiger partial charge in [-0.2, -0.15) is 0 Å². The smallest absolute Gasteiger partial charge is 0.261 e. The van der Waals surface area contributed by atoms with Crippen molar-refractivity contribution in [1.29, 1.82) is 0 Å². The number of methoxy groups -OCH3 is 2. The fraction of sp³-hybridized carbons (Fsp3) is 0.458. The van der Waals surface area contributed by atoms with Crippen molar-refractivity contribution < 1.29 is 18.3 Å². The van der Waals surface area contributed by atoms with Gasteiger partial charge in [-0.3, -0.25) is 9.89 Å². The van der Waals surface area contributed by atoms with E-state index in [1.807, 2.05) is 20.0 Å². The van der Waals surface area contributed by atoms with E-state index in [-0.39, 0.29) is 13.0 Å². The number of aliphatic imine (C=N–C) groups is 1. The van der Waals surface area contributed by atoms with Gasteiger partial charge in [0.2, 0.25) is 0 Å². The number of fused-ring (bicyclic) bond motifs is 1. The zero-order valence-electron chi connectivity index (χ0n) is 20.3. The van der Waals surface area contributed by atoms with Crippen LogP contribution in [-0.2, 0) is 0 Å². The van der Waals surface area contributed by atoms with Crippen LogP contribution in [0.3, 0.4) is 0 Å². The number of alkyl halides is 2. The molecule has 0 saturated carbocycles. The van der Waals surface area contributed by atoms with Gasteiger partial charge in [0.15, 0.2) is 16.7 Å². The van der Waals surface area contributed by atoms with Crippen molar-refractivity contribution in [2.45, 2.75) is 36.1 Å². The van der Waals surface area contributed by atoms with Crippen LogP contribution in [0.4, 0.5) is 8.78 Å². The lowest BCUT2D eigenvalue weighted by molar-refractivity contribution is 0.0117. The average Bonchev–Trinajstić information content (AvgIpc) is 3.34. The number of thioether (sulfide) groups is 1. The minimum Gasteiger partial charge on any atom is -0.493 e. The number of hydrogen-bond acceptors (Lipinski definition) is 7. The van der Waals surface area contributed by atoms with Gasteiger partial charge >= 0.3 is 0 Å². The van der Waals surface area contributed by atoms with Crippen LogP contribution >= 0.6 is 23.4 Å². The first-order chi connectivity index (χ1) is 16.6. The van der Waals surface area contributed by atoms with E-state index in [0.717, 1.165) is 10.9 Å². The Balaban J connectivity index is 1.78. The van der Waals surface area contributed by atoms with Crippen molar-refractivity contribution in [2.24, 2.45) is 4.99 Å². The Morgan fingerprint density at radius 2 is 1.97 bits per heavy atom. The maximum Gasteiger partial charge on any atom is 0.261 e. The SMILES string of the molecule is CN=Cc1c[nH]c2nc(SC(C)(C)CN3CCC(F)(F)C3)nc(-c3cc(OC)c(OC)cc3Cl)c12. The van der Waals surface area contributed by atoms with Gasteiger partial charge in [-0.15, -0.1) is 0 Å². The summed E-state index contributed by atoms with van der Waals surface area (Å²) in [6.07, 6.45) is 3.43. The number of hydrogen-bond donors (Lipinski definition) is 1.